The third-order valence-corrected chi connectivity index (χ3v) is 5.19. The molecule has 0 saturated carbocycles. The Labute approximate surface area is 152 Å². The van der Waals surface area contributed by atoms with Crippen LogP contribution in [0, 0.1) is 0 Å². The average Bonchev–Trinajstić information content (AvgIpc) is 2.67. The number of phenols is 1. The molecule has 1 aliphatic rings. The fourth-order valence-corrected chi connectivity index (χ4v) is 3.95. The lowest BCUT2D eigenvalue weighted by Crippen LogP contribution is -2.36. The number of hydrogen-bond donors (Lipinski definition) is 1. The van der Waals surface area contributed by atoms with E-state index >= 15 is 0 Å². The van der Waals surface area contributed by atoms with E-state index in [4.69, 9.17) is 4.74 Å². The molecule has 1 amide bonds. The van der Waals surface area contributed by atoms with Crippen LogP contribution in [-0.2, 0) is 4.79 Å². The molecular formula is C22H21NO3. The highest BCUT2D eigenvalue weighted by molar-refractivity contribution is 6.03. The van der Waals surface area contributed by atoms with Crippen LogP contribution in [0.4, 0.5) is 5.69 Å². The van der Waals surface area contributed by atoms with Crippen LogP contribution in [0.5, 0.6) is 11.5 Å². The molecule has 1 unspecified atom stereocenters. The number of fused-ring (bicyclic) bond motifs is 3. The topological polar surface area (TPSA) is 49.8 Å². The Morgan fingerprint density at radius 2 is 1.96 bits per heavy atom. The van der Waals surface area contributed by atoms with Crippen molar-refractivity contribution in [3.05, 3.63) is 65.7 Å². The molecule has 4 nitrogen and oxygen atoms in total. The normalized spacial score (nSPS) is 16.6. The molecule has 3 aromatic rings. The molecule has 26 heavy (non-hydrogen) atoms. The summed E-state index contributed by atoms with van der Waals surface area (Å²) < 4.78 is 5.28. The third kappa shape index (κ3) is 2.49. The summed E-state index contributed by atoms with van der Waals surface area (Å²) in [7, 11) is 1.53. The number of methoxy groups -OCH3 is 1. The van der Waals surface area contributed by atoms with Gasteiger partial charge in [-0.15, -0.1) is 0 Å². The zero-order valence-corrected chi connectivity index (χ0v) is 14.9. The zero-order chi connectivity index (χ0) is 18.3. The number of carbonyl (C=O) groups is 1. The Bertz CT molecular complexity index is 996. The molecule has 0 aliphatic carbocycles. The van der Waals surface area contributed by atoms with E-state index in [1.807, 2.05) is 42.2 Å². The Kier molecular flexibility index (Phi) is 4.03. The van der Waals surface area contributed by atoms with Crippen molar-refractivity contribution in [2.45, 2.75) is 19.3 Å². The zero-order valence-electron chi connectivity index (χ0n) is 14.9. The summed E-state index contributed by atoms with van der Waals surface area (Å²) in [6.07, 6.45) is 0.406. The lowest BCUT2D eigenvalue weighted by Gasteiger charge is -2.35. The second-order valence-corrected chi connectivity index (χ2v) is 6.55. The van der Waals surface area contributed by atoms with Gasteiger partial charge in [0.1, 0.15) is 0 Å². The third-order valence-electron chi connectivity index (χ3n) is 5.19. The summed E-state index contributed by atoms with van der Waals surface area (Å²) in [5.41, 5.74) is 3.11. The van der Waals surface area contributed by atoms with E-state index in [2.05, 4.69) is 18.2 Å². The number of aromatic hydroxyl groups is 1. The number of carbonyl (C=O) groups excluding carboxylic acids is 1. The van der Waals surface area contributed by atoms with E-state index in [0.29, 0.717) is 18.7 Å². The molecule has 1 N–H and O–H groups in total. The van der Waals surface area contributed by atoms with Gasteiger partial charge in [0.05, 0.1) is 7.11 Å². The molecule has 3 aromatic carbocycles. The van der Waals surface area contributed by atoms with Crippen LogP contribution in [-0.4, -0.2) is 24.7 Å². The molecule has 132 valence electrons. The number of amides is 1. The Balaban J connectivity index is 1.98. The van der Waals surface area contributed by atoms with Gasteiger partial charge in [-0.25, -0.2) is 0 Å². The van der Waals surface area contributed by atoms with Crippen LogP contribution < -0.4 is 9.64 Å². The number of rotatable bonds is 3. The summed E-state index contributed by atoms with van der Waals surface area (Å²) >= 11 is 0. The van der Waals surface area contributed by atoms with Crippen LogP contribution >= 0.6 is 0 Å². The highest BCUT2D eigenvalue weighted by Crippen LogP contribution is 2.45. The van der Waals surface area contributed by atoms with E-state index in [9.17, 15) is 9.90 Å². The summed E-state index contributed by atoms with van der Waals surface area (Å²) in [6, 6.07) is 17.7. The van der Waals surface area contributed by atoms with Crippen molar-refractivity contribution in [3.63, 3.8) is 0 Å². The van der Waals surface area contributed by atoms with Crippen LogP contribution in [0.25, 0.3) is 10.8 Å². The number of benzene rings is 3. The summed E-state index contributed by atoms with van der Waals surface area (Å²) in [5.74, 6) is 0.578. The van der Waals surface area contributed by atoms with Gasteiger partial charge in [0.25, 0.3) is 0 Å². The van der Waals surface area contributed by atoms with E-state index in [1.54, 1.807) is 6.07 Å². The summed E-state index contributed by atoms with van der Waals surface area (Å²) in [6.45, 7) is 2.65. The van der Waals surface area contributed by atoms with Crippen molar-refractivity contribution in [1.82, 2.24) is 0 Å². The standard InChI is InChI=1S/C22H21NO3/c1-3-23-18-10-8-14-6-4-5-7-16(14)22(18)17(13-21(23)25)15-9-11-19(24)20(12-15)26-2/h4-12,17,24H,3,13H2,1-2H3. The predicted octanol–water partition coefficient (Wildman–Crippen LogP) is 4.44. The highest BCUT2D eigenvalue weighted by Gasteiger charge is 2.33. The van der Waals surface area contributed by atoms with Crippen molar-refractivity contribution < 1.29 is 14.6 Å². The number of ether oxygens (including phenoxy) is 1. The van der Waals surface area contributed by atoms with Gasteiger partial charge in [0, 0.05) is 24.6 Å². The first-order chi connectivity index (χ1) is 12.6. The van der Waals surface area contributed by atoms with Crippen molar-refractivity contribution in [1.29, 1.82) is 0 Å². The lowest BCUT2D eigenvalue weighted by atomic mass is 9.81. The molecule has 0 radical (unpaired) electrons. The summed E-state index contributed by atoms with van der Waals surface area (Å²) in [4.78, 5) is 14.6. The minimum atomic E-state index is -0.0686. The molecule has 1 atom stereocenters. The van der Waals surface area contributed by atoms with Crippen LogP contribution in [0.2, 0.25) is 0 Å². The van der Waals surface area contributed by atoms with Gasteiger partial charge in [-0.2, -0.15) is 0 Å². The minimum absolute atomic E-state index is 0.0686. The number of nitrogens with zero attached hydrogens (tertiary/aromatic N) is 1. The number of anilines is 1. The van der Waals surface area contributed by atoms with Gasteiger partial charge in [-0.1, -0.05) is 36.4 Å². The first-order valence-corrected chi connectivity index (χ1v) is 8.83. The maximum atomic E-state index is 12.8. The molecule has 0 saturated heterocycles. The van der Waals surface area contributed by atoms with Crippen molar-refractivity contribution >= 4 is 22.4 Å². The molecule has 4 rings (SSSR count). The number of phenolic OH excluding ortho intramolecular Hbond substituents is 1. The molecule has 0 bridgehead atoms. The Morgan fingerprint density at radius 3 is 2.73 bits per heavy atom. The molecule has 1 heterocycles. The average molecular weight is 347 g/mol. The second-order valence-electron chi connectivity index (χ2n) is 6.55. The summed E-state index contributed by atoms with van der Waals surface area (Å²) in [5, 5.41) is 12.3. The molecule has 4 heteroatoms. The van der Waals surface area contributed by atoms with Crippen molar-refractivity contribution in [3.8, 4) is 11.5 Å². The Hall–Kier alpha value is -3.01. The second kappa shape index (κ2) is 6.37. The fraction of sp³-hybridized carbons (Fsp3) is 0.227. The van der Waals surface area contributed by atoms with Crippen LogP contribution in [0.1, 0.15) is 30.4 Å². The molecule has 1 aliphatic heterocycles. The maximum Gasteiger partial charge on any atom is 0.227 e. The maximum absolute atomic E-state index is 12.8. The van der Waals surface area contributed by atoms with Gasteiger partial charge in [-0.3, -0.25) is 4.79 Å². The van der Waals surface area contributed by atoms with Gasteiger partial charge in [0.15, 0.2) is 11.5 Å². The van der Waals surface area contributed by atoms with Gasteiger partial charge in [0.2, 0.25) is 5.91 Å². The predicted molar refractivity (Wildman–Crippen MR) is 103 cm³/mol. The molecular weight excluding hydrogens is 326 g/mol. The monoisotopic (exact) mass is 347 g/mol. The first-order valence-electron chi connectivity index (χ1n) is 8.83. The molecule has 0 aromatic heterocycles. The van der Waals surface area contributed by atoms with Gasteiger partial charge < -0.3 is 14.7 Å². The number of hydrogen-bond acceptors (Lipinski definition) is 3. The van der Waals surface area contributed by atoms with Gasteiger partial charge in [-0.05, 0) is 47.0 Å². The van der Waals surface area contributed by atoms with Crippen LogP contribution in [0.3, 0.4) is 0 Å². The molecule has 0 spiro atoms. The Morgan fingerprint density at radius 1 is 1.15 bits per heavy atom. The smallest absolute Gasteiger partial charge is 0.227 e. The highest BCUT2D eigenvalue weighted by atomic mass is 16.5. The van der Waals surface area contributed by atoms with E-state index < -0.39 is 0 Å². The lowest BCUT2D eigenvalue weighted by molar-refractivity contribution is -0.119. The fourth-order valence-electron chi connectivity index (χ4n) is 3.95. The van der Waals surface area contributed by atoms with Gasteiger partial charge >= 0.3 is 0 Å². The van der Waals surface area contributed by atoms with E-state index in [0.717, 1.165) is 27.6 Å². The van der Waals surface area contributed by atoms with Crippen LogP contribution in [0.15, 0.2) is 54.6 Å². The molecule has 0 fully saturated rings. The largest absolute Gasteiger partial charge is 0.504 e. The van der Waals surface area contributed by atoms with E-state index in [1.165, 1.54) is 7.11 Å². The SMILES string of the molecule is CCN1C(=O)CC(c2ccc(O)c(OC)c2)c2c1ccc1ccccc21. The first kappa shape index (κ1) is 16.5. The van der Waals surface area contributed by atoms with E-state index in [-0.39, 0.29) is 17.6 Å². The van der Waals surface area contributed by atoms with Crippen molar-refractivity contribution in [2.24, 2.45) is 0 Å². The van der Waals surface area contributed by atoms with Crippen molar-refractivity contribution in [2.75, 3.05) is 18.6 Å². The minimum Gasteiger partial charge on any atom is -0.504 e. The quantitative estimate of drug-likeness (QED) is 0.762.